The maximum Gasteiger partial charge on any atom is 0.338 e. The van der Waals surface area contributed by atoms with Gasteiger partial charge in [0.1, 0.15) is 5.00 Å². The highest BCUT2D eigenvalue weighted by Crippen LogP contribution is 2.32. The van der Waals surface area contributed by atoms with E-state index in [0.29, 0.717) is 21.8 Å². The molecule has 6 heteroatoms. The molecule has 0 spiro atoms. The van der Waals surface area contributed by atoms with Gasteiger partial charge in [-0.1, -0.05) is 0 Å². The molecule has 1 amide bonds. The molecule has 0 atom stereocenters. The fourth-order valence-corrected chi connectivity index (χ4v) is 2.91. The number of aryl methyl sites for hydroxylation is 2. The van der Waals surface area contributed by atoms with Crippen molar-refractivity contribution in [3.63, 3.8) is 0 Å². The van der Waals surface area contributed by atoms with E-state index in [0.717, 1.165) is 4.88 Å². The number of hydrogen-bond acceptors (Lipinski definition) is 4. The summed E-state index contributed by atoms with van der Waals surface area (Å²) in [5.41, 5.74) is 1.88. The van der Waals surface area contributed by atoms with Crippen LogP contribution in [-0.2, 0) is 0 Å². The Labute approximate surface area is 120 Å². The lowest BCUT2D eigenvalue weighted by atomic mass is 10.1. The number of amides is 1. The van der Waals surface area contributed by atoms with E-state index in [9.17, 15) is 14.7 Å². The Morgan fingerprint density at radius 1 is 1.30 bits per heavy atom. The number of pyridine rings is 1. The maximum atomic E-state index is 12.2. The summed E-state index contributed by atoms with van der Waals surface area (Å²) < 4.78 is 0. The number of carboxylic acids is 1. The first-order chi connectivity index (χ1) is 9.41. The number of nitrogens with one attached hydrogen (secondary N) is 1. The molecule has 0 aliphatic carbocycles. The van der Waals surface area contributed by atoms with Crippen molar-refractivity contribution in [2.24, 2.45) is 0 Å². The SMILES string of the molecule is Cc1ncccc1C(=O)Nc1sc(C)c(C)c1C(=O)O. The fourth-order valence-electron chi connectivity index (χ4n) is 1.87. The van der Waals surface area contributed by atoms with E-state index in [1.165, 1.54) is 11.3 Å². The topological polar surface area (TPSA) is 79.3 Å². The molecule has 0 aliphatic rings. The number of nitrogens with zero attached hydrogens (tertiary/aromatic N) is 1. The average Bonchev–Trinajstić information content (AvgIpc) is 2.65. The maximum absolute atomic E-state index is 12.2. The second-order valence-electron chi connectivity index (χ2n) is 4.38. The zero-order valence-corrected chi connectivity index (χ0v) is 12.2. The Morgan fingerprint density at radius 3 is 2.60 bits per heavy atom. The van der Waals surface area contributed by atoms with Crippen LogP contribution in [0, 0.1) is 20.8 Å². The zero-order valence-electron chi connectivity index (χ0n) is 11.4. The van der Waals surface area contributed by atoms with Gasteiger partial charge in [-0.05, 0) is 38.5 Å². The highest BCUT2D eigenvalue weighted by Gasteiger charge is 2.21. The smallest absolute Gasteiger partial charge is 0.338 e. The molecule has 2 aromatic heterocycles. The first-order valence-electron chi connectivity index (χ1n) is 5.98. The van der Waals surface area contributed by atoms with Crippen LogP contribution in [0.15, 0.2) is 18.3 Å². The van der Waals surface area contributed by atoms with Crippen LogP contribution in [0.3, 0.4) is 0 Å². The van der Waals surface area contributed by atoms with Gasteiger partial charge in [-0.3, -0.25) is 9.78 Å². The molecule has 2 N–H and O–H groups in total. The molecule has 0 fully saturated rings. The van der Waals surface area contributed by atoms with Crippen LogP contribution in [0.4, 0.5) is 5.00 Å². The van der Waals surface area contributed by atoms with E-state index in [2.05, 4.69) is 10.3 Å². The van der Waals surface area contributed by atoms with E-state index in [1.807, 2.05) is 6.92 Å². The molecular formula is C14H14N2O3S. The number of anilines is 1. The zero-order chi connectivity index (χ0) is 14.9. The number of rotatable bonds is 3. The number of aromatic nitrogens is 1. The van der Waals surface area contributed by atoms with Crippen molar-refractivity contribution in [1.29, 1.82) is 0 Å². The first-order valence-corrected chi connectivity index (χ1v) is 6.79. The quantitative estimate of drug-likeness (QED) is 0.910. The number of carbonyl (C=O) groups excluding carboxylic acids is 1. The predicted octanol–water partition coefficient (Wildman–Crippen LogP) is 3.02. The van der Waals surface area contributed by atoms with Gasteiger partial charge >= 0.3 is 5.97 Å². The lowest BCUT2D eigenvalue weighted by molar-refractivity contribution is 0.0697. The van der Waals surface area contributed by atoms with Crippen LogP contribution in [0.1, 0.15) is 36.9 Å². The Morgan fingerprint density at radius 2 is 2.00 bits per heavy atom. The normalized spacial score (nSPS) is 10.3. The summed E-state index contributed by atoms with van der Waals surface area (Å²) in [7, 11) is 0. The Bertz CT molecular complexity index is 692. The van der Waals surface area contributed by atoms with E-state index in [4.69, 9.17) is 0 Å². The lowest BCUT2D eigenvalue weighted by Crippen LogP contribution is -2.15. The van der Waals surface area contributed by atoms with Crippen molar-refractivity contribution in [2.45, 2.75) is 20.8 Å². The second-order valence-corrected chi connectivity index (χ2v) is 5.61. The largest absolute Gasteiger partial charge is 0.478 e. The van der Waals surface area contributed by atoms with Crippen LogP contribution >= 0.6 is 11.3 Å². The van der Waals surface area contributed by atoms with Crippen LogP contribution in [0.2, 0.25) is 0 Å². The third-order valence-corrected chi connectivity index (χ3v) is 4.20. The van der Waals surface area contributed by atoms with Crippen LogP contribution in [0.5, 0.6) is 0 Å². The van der Waals surface area contributed by atoms with Gasteiger partial charge in [0.05, 0.1) is 11.1 Å². The Hall–Kier alpha value is -2.21. The third-order valence-electron chi connectivity index (χ3n) is 3.08. The predicted molar refractivity (Wildman–Crippen MR) is 77.7 cm³/mol. The molecule has 0 aliphatic heterocycles. The van der Waals surface area contributed by atoms with E-state index in [1.54, 1.807) is 32.2 Å². The van der Waals surface area contributed by atoms with Crippen molar-refractivity contribution in [3.05, 3.63) is 45.6 Å². The van der Waals surface area contributed by atoms with Crippen LogP contribution in [0.25, 0.3) is 0 Å². The molecule has 0 aromatic carbocycles. The number of carboxylic acid groups (broad SMARTS) is 1. The molecule has 20 heavy (non-hydrogen) atoms. The number of thiophene rings is 1. The van der Waals surface area contributed by atoms with Crippen molar-refractivity contribution in [2.75, 3.05) is 5.32 Å². The molecule has 104 valence electrons. The summed E-state index contributed by atoms with van der Waals surface area (Å²) in [5.74, 6) is -1.38. The van der Waals surface area contributed by atoms with Gasteiger partial charge in [0, 0.05) is 16.8 Å². The van der Waals surface area contributed by atoms with Gasteiger partial charge in [-0.2, -0.15) is 0 Å². The lowest BCUT2D eigenvalue weighted by Gasteiger charge is -2.06. The molecule has 0 saturated carbocycles. The van der Waals surface area contributed by atoms with Crippen LogP contribution < -0.4 is 5.32 Å². The summed E-state index contributed by atoms with van der Waals surface area (Å²) in [6.45, 7) is 5.30. The summed E-state index contributed by atoms with van der Waals surface area (Å²) in [6.07, 6.45) is 1.61. The van der Waals surface area contributed by atoms with Crippen molar-refractivity contribution in [1.82, 2.24) is 4.98 Å². The minimum absolute atomic E-state index is 0.155. The van der Waals surface area contributed by atoms with Gasteiger partial charge in [0.15, 0.2) is 0 Å². The van der Waals surface area contributed by atoms with Crippen molar-refractivity contribution < 1.29 is 14.7 Å². The molecule has 2 rings (SSSR count). The molecule has 0 radical (unpaired) electrons. The minimum Gasteiger partial charge on any atom is -0.478 e. The third kappa shape index (κ3) is 2.55. The van der Waals surface area contributed by atoms with Gasteiger partial charge in [0.25, 0.3) is 5.91 Å². The number of carbonyl (C=O) groups is 2. The number of aromatic carboxylic acids is 1. The van der Waals surface area contributed by atoms with Gasteiger partial charge in [-0.15, -0.1) is 11.3 Å². The highest BCUT2D eigenvalue weighted by atomic mass is 32.1. The second kappa shape index (κ2) is 5.42. The van der Waals surface area contributed by atoms with Crippen molar-refractivity contribution in [3.8, 4) is 0 Å². The minimum atomic E-state index is -1.04. The molecule has 0 saturated heterocycles. The summed E-state index contributed by atoms with van der Waals surface area (Å²) in [5, 5.41) is 12.3. The molecule has 0 bridgehead atoms. The van der Waals surface area contributed by atoms with E-state index in [-0.39, 0.29) is 11.5 Å². The van der Waals surface area contributed by atoms with Gasteiger partial charge in [0.2, 0.25) is 0 Å². The average molecular weight is 290 g/mol. The first kappa shape index (κ1) is 14.2. The molecule has 2 heterocycles. The summed E-state index contributed by atoms with van der Waals surface area (Å²) in [6, 6.07) is 3.33. The molecule has 0 unspecified atom stereocenters. The standard InChI is InChI=1S/C14H14N2O3S/c1-7-9(3)20-13(11(7)14(18)19)16-12(17)10-5-4-6-15-8(10)2/h4-6H,1-3H3,(H,16,17)(H,18,19). The number of hydrogen-bond donors (Lipinski definition) is 2. The Balaban J connectivity index is 2.36. The Kier molecular flexibility index (Phi) is 3.85. The molecular weight excluding hydrogens is 276 g/mol. The van der Waals surface area contributed by atoms with Gasteiger partial charge in [-0.25, -0.2) is 4.79 Å². The molecule has 2 aromatic rings. The highest BCUT2D eigenvalue weighted by molar-refractivity contribution is 7.16. The summed E-state index contributed by atoms with van der Waals surface area (Å²) in [4.78, 5) is 28.4. The monoisotopic (exact) mass is 290 g/mol. The molecule has 5 nitrogen and oxygen atoms in total. The van der Waals surface area contributed by atoms with E-state index < -0.39 is 5.97 Å². The fraction of sp³-hybridized carbons (Fsp3) is 0.214. The summed E-state index contributed by atoms with van der Waals surface area (Å²) >= 11 is 1.26. The van der Waals surface area contributed by atoms with E-state index >= 15 is 0 Å². The van der Waals surface area contributed by atoms with Crippen LogP contribution in [-0.4, -0.2) is 22.0 Å². The van der Waals surface area contributed by atoms with Crippen molar-refractivity contribution >= 4 is 28.2 Å². The van der Waals surface area contributed by atoms with Gasteiger partial charge < -0.3 is 10.4 Å².